The molecule has 0 radical (unpaired) electrons. The highest BCUT2D eigenvalue weighted by molar-refractivity contribution is 7.98. The molecule has 1 atom stereocenters. The lowest BCUT2D eigenvalue weighted by Crippen LogP contribution is -2.49. The van der Waals surface area contributed by atoms with E-state index in [2.05, 4.69) is 10.6 Å². The van der Waals surface area contributed by atoms with Crippen molar-refractivity contribution in [3.8, 4) is 0 Å². The van der Waals surface area contributed by atoms with Gasteiger partial charge in [0.1, 0.15) is 13.2 Å². The third-order valence-electron chi connectivity index (χ3n) is 4.90. The number of carbonyl (C=O) groups is 3. The SMILES string of the molecule is CSc1ccc(C2NC(=O)N(CC(=O)Nc3cc(Cl)cc(Cl)c3)C3=C2C(=O)OC3)cc1. The van der Waals surface area contributed by atoms with Gasteiger partial charge in [-0.3, -0.25) is 9.69 Å². The Morgan fingerprint density at radius 1 is 1.19 bits per heavy atom. The molecule has 0 spiro atoms. The fourth-order valence-corrected chi connectivity index (χ4v) is 4.43. The van der Waals surface area contributed by atoms with Gasteiger partial charge in [0.2, 0.25) is 5.91 Å². The number of anilines is 1. The molecular weight excluding hydrogens is 461 g/mol. The Morgan fingerprint density at radius 3 is 2.52 bits per heavy atom. The number of cyclic esters (lactones) is 1. The first-order valence-corrected chi connectivity index (χ1v) is 11.2. The summed E-state index contributed by atoms with van der Waals surface area (Å²) in [5.74, 6) is -0.983. The van der Waals surface area contributed by atoms with Gasteiger partial charge >= 0.3 is 12.0 Å². The summed E-state index contributed by atoms with van der Waals surface area (Å²) >= 11 is 13.5. The zero-order valence-electron chi connectivity index (χ0n) is 16.3. The molecular formula is C21H17Cl2N3O4S. The van der Waals surface area contributed by atoms with E-state index in [0.29, 0.717) is 27.0 Å². The van der Waals surface area contributed by atoms with Crippen molar-refractivity contribution in [2.75, 3.05) is 24.7 Å². The molecule has 7 nitrogen and oxygen atoms in total. The molecule has 160 valence electrons. The number of thioether (sulfide) groups is 1. The van der Waals surface area contributed by atoms with Gasteiger partial charge < -0.3 is 15.4 Å². The molecule has 2 aromatic carbocycles. The number of ether oxygens (including phenoxy) is 1. The van der Waals surface area contributed by atoms with Crippen LogP contribution in [0.2, 0.25) is 10.0 Å². The topological polar surface area (TPSA) is 87.7 Å². The zero-order valence-corrected chi connectivity index (χ0v) is 18.6. The van der Waals surface area contributed by atoms with Crippen LogP contribution in [0, 0.1) is 0 Å². The fraction of sp³-hybridized carbons (Fsp3) is 0.190. The maximum atomic E-state index is 12.8. The van der Waals surface area contributed by atoms with Crippen molar-refractivity contribution < 1.29 is 19.1 Å². The first-order valence-electron chi connectivity index (χ1n) is 9.24. The predicted octanol–water partition coefficient (Wildman–Crippen LogP) is 4.23. The number of urea groups is 1. The molecule has 3 amide bonds. The number of esters is 1. The van der Waals surface area contributed by atoms with Crippen LogP contribution in [-0.2, 0) is 14.3 Å². The summed E-state index contributed by atoms with van der Waals surface area (Å²) in [6.07, 6.45) is 1.96. The second kappa shape index (κ2) is 8.82. The lowest BCUT2D eigenvalue weighted by atomic mass is 9.96. The summed E-state index contributed by atoms with van der Waals surface area (Å²) in [5.41, 5.74) is 1.87. The molecule has 2 heterocycles. The summed E-state index contributed by atoms with van der Waals surface area (Å²) in [5, 5.41) is 6.20. The number of halogens is 2. The average molecular weight is 478 g/mol. The van der Waals surface area contributed by atoms with Crippen molar-refractivity contribution in [1.29, 1.82) is 0 Å². The van der Waals surface area contributed by atoms with Crippen molar-refractivity contribution in [2.45, 2.75) is 10.9 Å². The van der Waals surface area contributed by atoms with Crippen LogP contribution >= 0.6 is 35.0 Å². The number of benzene rings is 2. The van der Waals surface area contributed by atoms with Gasteiger partial charge in [0.15, 0.2) is 0 Å². The van der Waals surface area contributed by atoms with Crippen molar-refractivity contribution in [3.63, 3.8) is 0 Å². The highest BCUT2D eigenvalue weighted by Crippen LogP contribution is 2.35. The van der Waals surface area contributed by atoms with Crippen LogP contribution in [0.3, 0.4) is 0 Å². The lowest BCUT2D eigenvalue weighted by Gasteiger charge is -2.32. The van der Waals surface area contributed by atoms with E-state index in [0.717, 1.165) is 10.5 Å². The second-order valence-corrected chi connectivity index (χ2v) is 8.64. The predicted molar refractivity (Wildman–Crippen MR) is 119 cm³/mol. The highest BCUT2D eigenvalue weighted by Gasteiger charge is 2.42. The van der Waals surface area contributed by atoms with Crippen LogP contribution in [0.1, 0.15) is 11.6 Å². The van der Waals surface area contributed by atoms with Crippen molar-refractivity contribution in [1.82, 2.24) is 10.2 Å². The number of nitrogens with one attached hydrogen (secondary N) is 2. The van der Waals surface area contributed by atoms with E-state index < -0.39 is 23.9 Å². The minimum absolute atomic E-state index is 0.0722. The number of amides is 3. The summed E-state index contributed by atoms with van der Waals surface area (Å²) in [7, 11) is 0. The molecule has 2 N–H and O–H groups in total. The van der Waals surface area contributed by atoms with E-state index in [-0.39, 0.29) is 13.2 Å². The van der Waals surface area contributed by atoms with Gasteiger partial charge in [0.25, 0.3) is 0 Å². The number of nitrogens with zero attached hydrogens (tertiary/aromatic N) is 1. The monoisotopic (exact) mass is 477 g/mol. The van der Waals surface area contributed by atoms with Gasteiger partial charge in [0.05, 0.1) is 17.3 Å². The molecule has 1 unspecified atom stereocenters. The van der Waals surface area contributed by atoms with Crippen LogP contribution < -0.4 is 10.6 Å². The molecule has 31 heavy (non-hydrogen) atoms. The van der Waals surface area contributed by atoms with Gasteiger partial charge in [-0.05, 0) is 42.2 Å². The molecule has 2 aromatic rings. The fourth-order valence-electron chi connectivity index (χ4n) is 3.49. The molecule has 0 fully saturated rings. The summed E-state index contributed by atoms with van der Waals surface area (Å²) in [4.78, 5) is 40.1. The Balaban J connectivity index is 1.58. The van der Waals surface area contributed by atoms with Crippen LogP contribution in [-0.4, -0.2) is 42.2 Å². The number of hydrogen-bond acceptors (Lipinski definition) is 5. The van der Waals surface area contributed by atoms with Gasteiger partial charge in [-0.2, -0.15) is 0 Å². The van der Waals surface area contributed by atoms with Crippen molar-refractivity contribution in [3.05, 3.63) is 69.3 Å². The summed E-state index contributed by atoms with van der Waals surface area (Å²) in [6, 6.07) is 11.1. The highest BCUT2D eigenvalue weighted by atomic mass is 35.5. The van der Waals surface area contributed by atoms with Gasteiger partial charge in [-0.15, -0.1) is 11.8 Å². The van der Waals surface area contributed by atoms with Crippen molar-refractivity contribution in [2.24, 2.45) is 0 Å². The molecule has 4 rings (SSSR count). The van der Waals surface area contributed by atoms with E-state index >= 15 is 0 Å². The maximum Gasteiger partial charge on any atom is 0.338 e. The Kier molecular flexibility index (Phi) is 6.13. The van der Waals surface area contributed by atoms with E-state index in [4.69, 9.17) is 27.9 Å². The normalized spacial score (nSPS) is 17.9. The van der Waals surface area contributed by atoms with E-state index in [1.807, 2.05) is 30.5 Å². The number of rotatable bonds is 5. The molecule has 0 aromatic heterocycles. The minimum atomic E-state index is -0.639. The molecule has 0 aliphatic carbocycles. The largest absolute Gasteiger partial charge is 0.456 e. The molecule has 0 saturated heterocycles. The molecule has 0 saturated carbocycles. The maximum absolute atomic E-state index is 12.8. The zero-order chi connectivity index (χ0) is 22.1. The Morgan fingerprint density at radius 2 is 1.87 bits per heavy atom. The summed E-state index contributed by atoms with van der Waals surface area (Å²) < 4.78 is 5.19. The van der Waals surface area contributed by atoms with E-state index in [1.54, 1.807) is 30.0 Å². The quantitative estimate of drug-likeness (QED) is 0.496. The van der Waals surface area contributed by atoms with Crippen LogP contribution in [0.5, 0.6) is 0 Å². The number of carbonyl (C=O) groups excluding carboxylic acids is 3. The smallest absolute Gasteiger partial charge is 0.338 e. The minimum Gasteiger partial charge on any atom is -0.456 e. The molecule has 2 aliphatic heterocycles. The molecule has 0 bridgehead atoms. The average Bonchev–Trinajstić information content (AvgIpc) is 3.11. The molecule has 10 heteroatoms. The van der Waals surface area contributed by atoms with Crippen LogP contribution in [0.4, 0.5) is 10.5 Å². The third-order valence-corrected chi connectivity index (χ3v) is 6.08. The van der Waals surface area contributed by atoms with Gasteiger partial charge in [0, 0.05) is 20.6 Å². The summed E-state index contributed by atoms with van der Waals surface area (Å²) in [6.45, 7) is -0.374. The van der Waals surface area contributed by atoms with Crippen LogP contribution in [0.15, 0.2) is 58.6 Å². The first kappa shape index (κ1) is 21.5. The van der Waals surface area contributed by atoms with Gasteiger partial charge in [-0.1, -0.05) is 35.3 Å². The van der Waals surface area contributed by atoms with Gasteiger partial charge in [-0.25, -0.2) is 9.59 Å². The Bertz CT molecular complexity index is 1080. The lowest BCUT2D eigenvalue weighted by molar-refractivity contribution is -0.136. The number of hydrogen-bond donors (Lipinski definition) is 2. The van der Waals surface area contributed by atoms with Crippen molar-refractivity contribution >= 4 is 58.6 Å². The van der Waals surface area contributed by atoms with Crippen LogP contribution in [0.25, 0.3) is 0 Å². The Labute approximate surface area is 192 Å². The Hall–Kier alpha value is -2.68. The van der Waals surface area contributed by atoms with E-state index in [9.17, 15) is 14.4 Å². The van der Waals surface area contributed by atoms with E-state index in [1.165, 1.54) is 4.90 Å². The second-order valence-electron chi connectivity index (χ2n) is 6.88. The standard InChI is InChI=1S/C21H17Cl2N3O4S/c1-31-15-4-2-11(3-5-15)19-18-16(10-30-20(18)28)26(21(29)25-19)9-17(27)24-14-7-12(22)6-13(23)8-14/h2-8,19H,9-10H2,1H3,(H,24,27)(H,25,29). The third kappa shape index (κ3) is 4.51. The molecule has 2 aliphatic rings. The first-order chi connectivity index (χ1) is 14.9.